The first-order valence-corrected chi connectivity index (χ1v) is 8.63. The second-order valence-electron chi connectivity index (χ2n) is 6.69. The van der Waals surface area contributed by atoms with Gasteiger partial charge < -0.3 is 20.0 Å². The molecule has 1 fully saturated rings. The van der Waals surface area contributed by atoms with Gasteiger partial charge in [-0.05, 0) is 30.5 Å². The summed E-state index contributed by atoms with van der Waals surface area (Å²) in [6, 6.07) is 9.70. The molecular weight excluding hydrogens is 318 g/mol. The van der Waals surface area contributed by atoms with Crippen molar-refractivity contribution in [3.8, 4) is 0 Å². The molecule has 0 bridgehead atoms. The number of amides is 2. The van der Waals surface area contributed by atoms with E-state index < -0.39 is 0 Å². The van der Waals surface area contributed by atoms with Gasteiger partial charge in [-0.3, -0.25) is 9.59 Å². The molecule has 0 unspecified atom stereocenters. The van der Waals surface area contributed by atoms with Crippen molar-refractivity contribution in [1.82, 2.24) is 4.90 Å². The predicted octanol–water partition coefficient (Wildman–Crippen LogP) is 1.93. The number of nitrogens with two attached hydrogens (primary N) is 1. The molecule has 3 heterocycles. The van der Waals surface area contributed by atoms with Gasteiger partial charge in [0.1, 0.15) is 0 Å². The van der Waals surface area contributed by atoms with Crippen molar-refractivity contribution < 1.29 is 14.0 Å². The van der Waals surface area contributed by atoms with Crippen LogP contribution in [0.5, 0.6) is 0 Å². The summed E-state index contributed by atoms with van der Waals surface area (Å²) < 4.78 is 5.48. The Labute approximate surface area is 146 Å². The van der Waals surface area contributed by atoms with E-state index in [4.69, 9.17) is 10.2 Å². The van der Waals surface area contributed by atoms with Gasteiger partial charge in [-0.25, -0.2) is 0 Å². The highest BCUT2D eigenvalue weighted by molar-refractivity contribution is 6.01. The largest absolute Gasteiger partial charge is 0.459 e. The number of anilines is 1. The van der Waals surface area contributed by atoms with Gasteiger partial charge in [0.25, 0.3) is 5.91 Å². The SMILES string of the molecule is NC1CCN(C(=O)c2occc2CN2C(=O)Cc3ccccc32)CC1. The van der Waals surface area contributed by atoms with Crippen LogP contribution in [-0.2, 0) is 17.8 Å². The Morgan fingerprint density at radius 1 is 1.20 bits per heavy atom. The van der Waals surface area contributed by atoms with E-state index in [1.807, 2.05) is 24.3 Å². The van der Waals surface area contributed by atoms with Crippen LogP contribution in [0.1, 0.15) is 34.5 Å². The van der Waals surface area contributed by atoms with Crippen molar-refractivity contribution in [3.63, 3.8) is 0 Å². The number of fused-ring (bicyclic) bond motifs is 1. The molecule has 25 heavy (non-hydrogen) atoms. The number of nitrogens with zero attached hydrogens (tertiary/aromatic N) is 2. The molecule has 130 valence electrons. The fourth-order valence-electron chi connectivity index (χ4n) is 3.55. The highest BCUT2D eigenvalue weighted by atomic mass is 16.3. The number of carbonyl (C=O) groups excluding carboxylic acids is 2. The molecular formula is C19H21N3O3. The van der Waals surface area contributed by atoms with Crippen LogP contribution in [-0.4, -0.2) is 35.8 Å². The number of carbonyl (C=O) groups is 2. The standard InChI is InChI=1S/C19H21N3O3/c20-15-5-8-21(9-6-15)19(24)18-14(7-10-25-18)12-22-16-4-2-1-3-13(16)11-17(22)23/h1-4,7,10,15H,5-6,8-9,11-12,20H2. The van der Waals surface area contributed by atoms with E-state index in [-0.39, 0.29) is 17.9 Å². The van der Waals surface area contributed by atoms with E-state index in [2.05, 4.69) is 0 Å². The minimum atomic E-state index is -0.119. The average molecular weight is 339 g/mol. The van der Waals surface area contributed by atoms with Crippen LogP contribution in [0.15, 0.2) is 41.0 Å². The number of hydrogen-bond donors (Lipinski definition) is 1. The molecule has 6 nitrogen and oxygen atoms in total. The molecule has 2 N–H and O–H groups in total. The molecule has 6 heteroatoms. The van der Waals surface area contributed by atoms with Crippen LogP contribution in [0.2, 0.25) is 0 Å². The molecule has 2 aliphatic heterocycles. The third-order valence-electron chi connectivity index (χ3n) is 5.02. The number of likely N-dealkylation sites (tertiary alicyclic amines) is 1. The maximum absolute atomic E-state index is 12.8. The summed E-state index contributed by atoms with van der Waals surface area (Å²) >= 11 is 0. The fourth-order valence-corrected chi connectivity index (χ4v) is 3.55. The fraction of sp³-hybridized carbons (Fsp3) is 0.368. The van der Waals surface area contributed by atoms with Gasteiger partial charge >= 0.3 is 0 Å². The first-order chi connectivity index (χ1) is 12.1. The number of benzene rings is 1. The van der Waals surface area contributed by atoms with Crippen molar-refractivity contribution in [2.45, 2.75) is 31.8 Å². The highest BCUT2D eigenvalue weighted by Crippen LogP contribution is 2.31. The van der Waals surface area contributed by atoms with Crippen LogP contribution in [0.4, 0.5) is 5.69 Å². The van der Waals surface area contributed by atoms with Crippen LogP contribution in [0, 0.1) is 0 Å². The Morgan fingerprint density at radius 3 is 2.76 bits per heavy atom. The Balaban J connectivity index is 1.54. The first kappa shape index (κ1) is 15.9. The molecule has 1 saturated heterocycles. The lowest BCUT2D eigenvalue weighted by Gasteiger charge is -2.29. The summed E-state index contributed by atoms with van der Waals surface area (Å²) in [5.41, 5.74) is 8.59. The zero-order valence-corrected chi connectivity index (χ0v) is 14.0. The predicted molar refractivity (Wildman–Crippen MR) is 93.2 cm³/mol. The average Bonchev–Trinajstić information content (AvgIpc) is 3.20. The molecule has 0 radical (unpaired) electrons. The molecule has 2 aromatic rings. The Kier molecular flexibility index (Phi) is 4.05. The normalized spacial score (nSPS) is 17.9. The summed E-state index contributed by atoms with van der Waals surface area (Å²) in [5.74, 6) is 0.254. The molecule has 1 aromatic carbocycles. The highest BCUT2D eigenvalue weighted by Gasteiger charge is 2.30. The maximum atomic E-state index is 12.8. The van der Waals surface area contributed by atoms with Crippen LogP contribution < -0.4 is 10.6 Å². The van der Waals surface area contributed by atoms with Gasteiger partial charge in [0.15, 0.2) is 5.76 Å². The molecule has 0 saturated carbocycles. The molecule has 2 aliphatic rings. The second kappa shape index (κ2) is 6.37. The van der Waals surface area contributed by atoms with Crippen molar-refractivity contribution in [2.24, 2.45) is 5.73 Å². The van der Waals surface area contributed by atoms with E-state index in [1.165, 1.54) is 6.26 Å². The molecule has 1 aromatic heterocycles. The molecule has 0 atom stereocenters. The third kappa shape index (κ3) is 2.93. The van der Waals surface area contributed by atoms with Crippen molar-refractivity contribution in [3.05, 3.63) is 53.5 Å². The molecule has 4 rings (SSSR count). The smallest absolute Gasteiger partial charge is 0.289 e. The van der Waals surface area contributed by atoms with Gasteiger partial charge in [-0.15, -0.1) is 0 Å². The van der Waals surface area contributed by atoms with Crippen molar-refractivity contribution in [2.75, 3.05) is 18.0 Å². The molecule has 0 aliphatic carbocycles. The summed E-state index contributed by atoms with van der Waals surface area (Å²) in [7, 11) is 0. The van der Waals surface area contributed by atoms with Gasteiger partial charge in [0.2, 0.25) is 5.91 Å². The van der Waals surface area contributed by atoms with Crippen LogP contribution >= 0.6 is 0 Å². The van der Waals surface area contributed by atoms with E-state index >= 15 is 0 Å². The topological polar surface area (TPSA) is 79.8 Å². The van der Waals surface area contributed by atoms with Gasteiger partial charge in [0, 0.05) is 30.4 Å². The summed E-state index contributed by atoms with van der Waals surface area (Å²) in [6.45, 7) is 1.64. The van der Waals surface area contributed by atoms with E-state index in [1.54, 1.807) is 15.9 Å². The third-order valence-corrected chi connectivity index (χ3v) is 5.02. The number of rotatable bonds is 3. The Morgan fingerprint density at radius 2 is 1.96 bits per heavy atom. The lowest BCUT2D eigenvalue weighted by atomic mass is 10.1. The van der Waals surface area contributed by atoms with Gasteiger partial charge in [-0.1, -0.05) is 18.2 Å². The first-order valence-electron chi connectivity index (χ1n) is 8.63. The molecule has 2 amide bonds. The lowest BCUT2D eigenvalue weighted by molar-refractivity contribution is -0.117. The molecule has 0 spiro atoms. The summed E-state index contributed by atoms with van der Waals surface area (Å²) in [5, 5.41) is 0. The van der Waals surface area contributed by atoms with E-state index in [9.17, 15) is 9.59 Å². The number of piperidine rings is 1. The Bertz CT molecular complexity index is 806. The monoisotopic (exact) mass is 339 g/mol. The number of hydrogen-bond acceptors (Lipinski definition) is 4. The van der Waals surface area contributed by atoms with Gasteiger partial charge in [-0.2, -0.15) is 0 Å². The summed E-state index contributed by atoms with van der Waals surface area (Å²) in [6.07, 6.45) is 3.53. The van der Waals surface area contributed by atoms with Crippen molar-refractivity contribution in [1.29, 1.82) is 0 Å². The minimum Gasteiger partial charge on any atom is -0.459 e. The zero-order chi connectivity index (χ0) is 17.4. The maximum Gasteiger partial charge on any atom is 0.289 e. The lowest BCUT2D eigenvalue weighted by Crippen LogP contribution is -2.43. The van der Waals surface area contributed by atoms with Crippen molar-refractivity contribution >= 4 is 17.5 Å². The quantitative estimate of drug-likeness (QED) is 0.927. The van der Waals surface area contributed by atoms with Gasteiger partial charge in [0.05, 0.1) is 19.2 Å². The van der Waals surface area contributed by atoms with E-state index in [0.717, 1.165) is 29.7 Å². The van der Waals surface area contributed by atoms with Crippen LogP contribution in [0.25, 0.3) is 0 Å². The minimum absolute atomic E-state index is 0.0461. The zero-order valence-electron chi connectivity index (χ0n) is 14.0. The number of para-hydroxylation sites is 1. The Hall–Kier alpha value is -2.60. The summed E-state index contributed by atoms with van der Waals surface area (Å²) in [4.78, 5) is 28.6. The van der Waals surface area contributed by atoms with Crippen LogP contribution in [0.3, 0.4) is 0 Å². The van der Waals surface area contributed by atoms with E-state index in [0.29, 0.717) is 31.8 Å². The second-order valence-corrected chi connectivity index (χ2v) is 6.69. The number of furan rings is 1.